The molecule has 2 aromatic carbocycles. The summed E-state index contributed by atoms with van der Waals surface area (Å²) in [6.45, 7) is 0. The van der Waals surface area contributed by atoms with Crippen LogP contribution in [0.2, 0.25) is 0 Å². The number of esters is 1. The van der Waals surface area contributed by atoms with Crippen molar-refractivity contribution in [2.24, 2.45) is 0 Å². The van der Waals surface area contributed by atoms with Crippen molar-refractivity contribution in [2.75, 3.05) is 7.11 Å². The molecular weight excluding hydrogens is 404 g/mol. The Morgan fingerprint density at radius 1 is 0.905 bits per heavy atom. The maximum atomic E-state index is 11.0. The van der Waals surface area contributed by atoms with Crippen molar-refractivity contribution in [2.45, 2.75) is 0 Å². The Bertz CT molecular complexity index is 641. The fourth-order valence-corrected chi connectivity index (χ4v) is 2.27. The summed E-state index contributed by atoms with van der Waals surface area (Å²) >= 11 is 6.35. The topological polar surface area (TPSA) is 63.6 Å². The van der Waals surface area contributed by atoms with E-state index in [1.807, 2.05) is 6.07 Å². The summed E-state index contributed by atoms with van der Waals surface area (Å²) in [6.07, 6.45) is 0. The molecule has 0 bridgehead atoms. The molecule has 0 spiro atoms. The minimum absolute atomic E-state index is 0.294. The zero-order valence-corrected chi connectivity index (χ0v) is 14.2. The monoisotopic (exact) mass is 414 g/mol. The predicted octanol–water partition coefficient (Wildman–Crippen LogP) is 4.38. The van der Waals surface area contributed by atoms with Crippen LogP contribution >= 0.6 is 31.9 Å². The van der Waals surface area contributed by atoms with Crippen molar-refractivity contribution in [3.8, 4) is 0 Å². The van der Waals surface area contributed by atoms with Crippen LogP contribution in [0, 0.1) is 0 Å². The zero-order chi connectivity index (χ0) is 15.8. The molecule has 0 amide bonds. The number of methoxy groups -OCH3 is 1. The van der Waals surface area contributed by atoms with E-state index in [9.17, 15) is 9.59 Å². The average molecular weight is 416 g/mol. The second-order valence-corrected chi connectivity index (χ2v) is 5.47. The Kier molecular flexibility index (Phi) is 7.11. The summed E-state index contributed by atoms with van der Waals surface area (Å²) in [5.74, 6) is -1.23. The summed E-state index contributed by atoms with van der Waals surface area (Å²) in [6, 6.07) is 13.8. The van der Waals surface area contributed by atoms with E-state index in [0.29, 0.717) is 15.6 Å². The highest BCUT2D eigenvalue weighted by Gasteiger charge is 2.07. The van der Waals surface area contributed by atoms with Crippen molar-refractivity contribution >= 4 is 43.8 Å². The zero-order valence-electron chi connectivity index (χ0n) is 11.0. The van der Waals surface area contributed by atoms with Gasteiger partial charge in [0.05, 0.1) is 18.2 Å². The molecule has 4 nitrogen and oxygen atoms in total. The number of hydrogen-bond donors (Lipinski definition) is 1. The third kappa shape index (κ3) is 5.32. The molecule has 0 fully saturated rings. The SMILES string of the molecule is COC(=O)c1ccccc1Br.O=C(O)c1ccccc1Br. The number of carboxylic acid groups (broad SMARTS) is 1. The normalized spacial score (nSPS) is 9.29. The standard InChI is InChI=1S/C8H7BrO2.C7H5BrO2/c1-11-8(10)6-4-2-3-5-7(6)9;8-6-4-2-1-3-5(6)7(9)10/h2-5H,1H3;1-4H,(H,9,10). The van der Waals surface area contributed by atoms with E-state index in [0.717, 1.165) is 4.47 Å². The van der Waals surface area contributed by atoms with Crippen molar-refractivity contribution in [1.82, 2.24) is 0 Å². The first-order chi connectivity index (χ1) is 9.97. The van der Waals surface area contributed by atoms with Crippen LogP contribution in [0.4, 0.5) is 0 Å². The van der Waals surface area contributed by atoms with Gasteiger partial charge in [0.25, 0.3) is 0 Å². The maximum absolute atomic E-state index is 11.0. The summed E-state index contributed by atoms with van der Waals surface area (Å²) in [5, 5.41) is 8.54. The molecular formula is C15H12Br2O4. The summed E-state index contributed by atoms with van der Waals surface area (Å²) < 4.78 is 5.92. The van der Waals surface area contributed by atoms with Crippen molar-refractivity contribution in [1.29, 1.82) is 0 Å². The lowest BCUT2D eigenvalue weighted by Gasteiger charge is -1.99. The van der Waals surface area contributed by atoms with Gasteiger partial charge in [-0.2, -0.15) is 0 Å². The second-order valence-electron chi connectivity index (χ2n) is 3.76. The molecule has 0 saturated carbocycles. The molecule has 21 heavy (non-hydrogen) atoms. The summed E-state index contributed by atoms with van der Waals surface area (Å²) in [7, 11) is 1.36. The van der Waals surface area contributed by atoms with Gasteiger partial charge in [-0.25, -0.2) is 9.59 Å². The van der Waals surface area contributed by atoms with Gasteiger partial charge in [-0.3, -0.25) is 0 Å². The molecule has 1 N–H and O–H groups in total. The van der Waals surface area contributed by atoms with Crippen LogP contribution < -0.4 is 0 Å². The number of carbonyl (C=O) groups is 2. The van der Waals surface area contributed by atoms with Crippen LogP contribution in [0.3, 0.4) is 0 Å². The van der Waals surface area contributed by atoms with Crippen LogP contribution in [0.5, 0.6) is 0 Å². The fourth-order valence-electron chi connectivity index (χ4n) is 1.37. The second kappa shape index (κ2) is 8.59. The van der Waals surface area contributed by atoms with Crippen molar-refractivity contribution in [3.63, 3.8) is 0 Å². The highest BCUT2D eigenvalue weighted by molar-refractivity contribution is 9.10. The van der Waals surface area contributed by atoms with Crippen molar-refractivity contribution < 1.29 is 19.4 Å². The van der Waals surface area contributed by atoms with E-state index >= 15 is 0 Å². The quantitative estimate of drug-likeness (QED) is 0.739. The minimum atomic E-state index is -0.910. The van der Waals surface area contributed by atoms with E-state index in [4.69, 9.17) is 5.11 Å². The van der Waals surface area contributed by atoms with E-state index in [1.165, 1.54) is 7.11 Å². The van der Waals surface area contributed by atoms with Gasteiger partial charge in [-0.15, -0.1) is 0 Å². The Balaban J connectivity index is 0.000000211. The van der Waals surface area contributed by atoms with Crippen LogP contribution in [0.1, 0.15) is 20.7 Å². The first kappa shape index (κ1) is 17.4. The fraction of sp³-hybridized carbons (Fsp3) is 0.0667. The number of rotatable bonds is 2. The van der Waals surface area contributed by atoms with Crippen molar-refractivity contribution in [3.05, 3.63) is 68.6 Å². The molecule has 0 radical (unpaired) electrons. The smallest absolute Gasteiger partial charge is 0.338 e. The molecule has 6 heteroatoms. The number of carbonyl (C=O) groups excluding carboxylic acids is 1. The molecule has 110 valence electrons. The van der Waals surface area contributed by atoms with Crippen LogP contribution in [0.25, 0.3) is 0 Å². The molecule has 0 aliphatic carbocycles. The largest absolute Gasteiger partial charge is 0.478 e. The number of benzene rings is 2. The summed E-state index contributed by atoms with van der Waals surface area (Å²) in [4.78, 5) is 21.4. The van der Waals surface area contributed by atoms with E-state index < -0.39 is 5.97 Å². The van der Waals surface area contributed by atoms with Gasteiger partial charge in [0.2, 0.25) is 0 Å². The van der Waals surface area contributed by atoms with Gasteiger partial charge in [-0.1, -0.05) is 24.3 Å². The Labute approximate surface area is 139 Å². The predicted molar refractivity (Wildman–Crippen MR) is 86.6 cm³/mol. The van der Waals surface area contributed by atoms with Gasteiger partial charge < -0.3 is 9.84 Å². The number of aromatic carboxylic acids is 1. The van der Waals surface area contributed by atoms with Gasteiger partial charge in [-0.05, 0) is 56.1 Å². The Morgan fingerprint density at radius 3 is 1.67 bits per heavy atom. The first-order valence-corrected chi connectivity index (χ1v) is 7.36. The Hall–Kier alpha value is -1.66. The maximum Gasteiger partial charge on any atom is 0.338 e. The van der Waals surface area contributed by atoms with Gasteiger partial charge in [0.1, 0.15) is 0 Å². The molecule has 0 aliphatic heterocycles. The van der Waals surface area contributed by atoms with Gasteiger partial charge in [0.15, 0.2) is 0 Å². The van der Waals surface area contributed by atoms with Crippen LogP contribution in [-0.4, -0.2) is 24.2 Å². The minimum Gasteiger partial charge on any atom is -0.478 e. The molecule has 0 atom stereocenters. The molecule has 0 unspecified atom stereocenters. The highest BCUT2D eigenvalue weighted by Crippen LogP contribution is 2.16. The lowest BCUT2D eigenvalue weighted by Crippen LogP contribution is -2.01. The molecule has 2 aromatic rings. The number of halogens is 2. The van der Waals surface area contributed by atoms with E-state index in [-0.39, 0.29) is 5.97 Å². The van der Waals surface area contributed by atoms with E-state index in [1.54, 1.807) is 42.5 Å². The van der Waals surface area contributed by atoms with Crippen LogP contribution in [0.15, 0.2) is 57.5 Å². The Morgan fingerprint density at radius 2 is 1.33 bits per heavy atom. The highest BCUT2D eigenvalue weighted by atomic mass is 79.9. The number of carboxylic acids is 1. The van der Waals surface area contributed by atoms with Gasteiger partial charge in [0, 0.05) is 8.95 Å². The third-order valence-corrected chi connectivity index (χ3v) is 3.77. The molecule has 2 rings (SSSR count). The molecule has 0 aliphatic rings. The molecule has 0 heterocycles. The lowest BCUT2D eigenvalue weighted by molar-refractivity contribution is 0.0598. The van der Waals surface area contributed by atoms with E-state index in [2.05, 4.69) is 36.6 Å². The number of hydrogen-bond acceptors (Lipinski definition) is 3. The van der Waals surface area contributed by atoms with Gasteiger partial charge >= 0.3 is 11.9 Å². The average Bonchev–Trinajstić information content (AvgIpc) is 2.48. The number of ether oxygens (including phenoxy) is 1. The molecule has 0 aromatic heterocycles. The molecule has 0 saturated heterocycles. The third-order valence-electron chi connectivity index (χ3n) is 2.38. The summed E-state index contributed by atoms with van der Waals surface area (Å²) in [5.41, 5.74) is 0.845. The first-order valence-electron chi connectivity index (χ1n) is 5.78. The lowest BCUT2D eigenvalue weighted by atomic mass is 10.2. The van der Waals surface area contributed by atoms with Crippen LogP contribution in [-0.2, 0) is 4.74 Å².